The van der Waals surface area contributed by atoms with Gasteiger partial charge in [0.1, 0.15) is 0 Å². The molecule has 1 fully saturated rings. The summed E-state index contributed by atoms with van der Waals surface area (Å²) in [7, 11) is 0. The Bertz CT molecular complexity index is 405. The first-order valence-electron chi connectivity index (χ1n) is 5.16. The van der Waals surface area contributed by atoms with Crippen molar-refractivity contribution < 1.29 is 4.79 Å². The third-order valence-corrected chi connectivity index (χ3v) is 3.78. The number of hydrogen-bond acceptors (Lipinski definition) is 2. The number of carbonyl (C=O) groups excluding carboxylic acids is 1. The van der Waals surface area contributed by atoms with Crippen LogP contribution < -0.4 is 10.6 Å². The summed E-state index contributed by atoms with van der Waals surface area (Å²) in [5, 5.41) is 6.65. The van der Waals surface area contributed by atoms with Crippen molar-refractivity contribution in [3.8, 4) is 0 Å². The first kappa shape index (κ1) is 11.9. The highest BCUT2D eigenvalue weighted by molar-refractivity contribution is 9.10. The van der Waals surface area contributed by atoms with Crippen LogP contribution in [0, 0.1) is 0 Å². The van der Waals surface area contributed by atoms with Gasteiger partial charge < -0.3 is 10.6 Å². The molecule has 2 N–H and O–H groups in total. The van der Waals surface area contributed by atoms with Gasteiger partial charge in [0.15, 0.2) is 0 Å². The second kappa shape index (κ2) is 5.17. The number of hydrogen-bond donors (Lipinski definition) is 2. The van der Waals surface area contributed by atoms with E-state index in [2.05, 4.69) is 26.6 Å². The van der Waals surface area contributed by atoms with Crippen molar-refractivity contribution in [1.82, 2.24) is 5.32 Å². The number of halogens is 2. The van der Waals surface area contributed by atoms with E-state index < -0.39 is 0 Å². The summed E-state index contributed by atoms with van der Waals surface area (Å²) < 4.78 is 0.784. The quantitative estimate of drug-likeness (QED) is 0.882. The maximum Gasteiger partial charge on any atom is 0.241 e. The molecule has 0 spiro atoms. The lowest BCUT2D eigenvalue weighted by molar-refractivity contribution is -0.117. The van der Waals surface area contributed by atoms with Gasteiger partial charge in [-0.05, 0) is 53.5 Å². The van der Waals surface area contributed by atoms with Gasteiger partial charge in [-0.1, -0.05) is 11.6 Å². The van der Waals surface area contributed by atoms with Crippen LogP contribution >= 0.6 is 27.5 Å². The zero-order valence-corrected chi connectivity index (χ0v) is 10.9. The summed E-state index contributed by atoms with van der Waals surface area (Å²) in [4.78, 5) is 11.8. The van der Waals surface area contributed by atoms with E-state index in [1.54, 1.807) is 18.2 Å². The van der Waals surface area contributed by atoms with E-state index in [-0.39, 0.29) is 11.9 Å². The van der Waals surface area contributed by atoms with Gasteiger partial charge in [0.25, 0.3) is 0 Å². The Morgan fingerprint density at radius 3 is 3.00 bits per heavy atom. The molecule has 3 nitrogen and oxygen atoms in total. The zero-order valence-electron chi connectivity index (χ0n) is 8.59. The Morgan fingerprint density at radius 1 is 1.56 bits per heavy atom. The number of carbonyl (C=O) groups is 1. The Hall–Kier alpha value is -0.580. The highest BCUT2D eigenvalue weighted by Crippen LogP contribution is 2.25. The van der Waals surface area contributed by atoms with E-state index >= 15 is 0 Å². The fourth-order valence-corrected chi connectivity index (χ4v) is 2.21. The third kappa shape index (κ3) is 2.75. The zero-order chi connectivity index (χ0) is 11.5. The van der Waals surface area contributed by atoms with Crippen molar-refractivity contribution in [3.05, 3.63) is 27.7 Å². The lowest BCUT2D eigenvalue weighted by Crippen LogP contribution is -2.35. The van der Waals surface area contributed by atoms with Crippen LogP contribution in [0.4, 0.5) is 5.69 Å². The van der Waals surface area contributed by atoms with Crippen LogP contribution in [0.25, 0.3) is 0 Å². The van der Waals surface area contributed by atoms with Crippen molar-refractivity contribution >= 4 is 39.1 Å². The molecule has 1 aromatic rings. The molecule has 1 aromatic carbocycles. The standard InChI is InChI=1S/C11H12BrClN2O/c12-8-6-7(3-4-9(8)13)15-11(16)10-2-1-5-14-10/h3-4,6,10,14H,1-2,5H2,(H,15,16). The minimum atomic E-state index is -0.0607. The lowest BCUT2D eigenvalue weighted by atomic mass is 10.2. The van der Waals surface area contributed by atoms with Gasteiger partial charge in [-0.25, -0.2) is 0 Å². The first-order chi connectivity index (χ1) is 7.66. The van der Waals surface area contributed by atoms with Gasteiger partial charge in [-0.2, -0.15) is 0 Å². The molecule has 1 amide bonds. The van der Waals surface area contributed by atoms with Crippen LogP contribution in [0.3, 0.4) is 0 Å². The maximum atomic E-state index is 11.8. The fraction of sp³-hybridized carbons (Fsp3) is 0.364. The molecule has 1 unspecified atom stereocenters. The van der Waals surface area contributed by atoms with Gasteiger partial charge >= 0.3 is 0 Å². The molecule has 1 atom stereocenters. The van der Waals surface area contributed by atoms with E-state index in [0.29, 0.717) is 5.02 Å². The average Bonchev–Trinajstić information content (AvgIpc) is 2.77. The molecule has 1 heterocycles. The highest BCUT2D eigenvalue weighted by atomic mass is 79.9. The SMILES string of the molecule is O=C(Nc1ccc(Cl)c(Br)c1)C1CCCN1. The summed E-state index contributed by atoms with van der Waals surface area (Å²) >= 11 is 9.19. The molecule has 5 heteroatoms. The number of rotatable bonds is 2. The lowest BCUT2D eigenvalue weighted by Gasteiger charge is -2.11. The second-order valence-corrected chi connectivity index (χ2v) is 5.03. The van der Waals surface area contributed by atoms with Crippen molar-refractivity contribution in [2.75, 3.05) is 11.9 Å². The molecule has 1 aliphatic rings. The molecule has 0 aliphatic carbocycles. The van der Waals surface area contributed by atoms with Crippen LogP contribution in [0.2, 0.25) is 5.02 Å². The van der Waals surface area contributed by atoms with Crippen LogP contribution in [0.15, 0.2) is 22.7 Å². The topological polar surface area (TPSA) is 41.1 Å². The van der Waals surface area contributed by atoms with E-state index in [1.165, 1.54) is 0 Å². The van der Waals surface area contributed by atoms with Crippen LogP contribution in [-0.2, 0) is 4.79 Å². The van der Waals surface area contributed by atoms with Crippen molar-refractivity contribution in [2.24, 2.45) is 0 Å². The van der Waals surface area contributed by atoms with Gasteiger partial charge in [0.2, 0.25) is 5.91 Å². The minimum absolute atomic E-state index is 0.0201. The van der Waals surface area contributed by atoms with E-state index in [4.69, 9.17) is 11.6 Å². The Morgan fingerprint density at radius 2 is 2.38 bits per heavy atom. The van der Waals surface area contributed by atoms with Gasteiger partial charge in [0, 0.05) is 10.2 Å². The molecule has 0 aromatic heterocycles. The first-order valence-corrected chi connectivity index (χ1v) is 6.33. The van der Waals surface area contributed by atoms with Crippen LogP contribution in [0.5, 0.6) is 0 Å². The maximum absolute atomic E-state index is 11.8. The molecule has 16 heavy (non-hydrogen) atoms. The third-order valence-electron chi connectivity index (χ3n) is 2.56. The molecule has 1 aliphatic heterocycles. The molecule has 0 bridgehead atoms. The molecule has 0 radical (unpaired) electrons. The summed E-state index contributed by atoms with van der Waals surface area (Å²) in [5.41, 5.74) is 0.759. The van der Waals surface area contributed by atoms with Crippen molar-refractivity contribution in [1.29, 1.82) is 0 Å². The monoisotopic (exact) mass is 302 g/mol. The normalized spacial score (nSPS) is 19.8. The Labute approximate surface area is 108 Å². The van der Waals surface area contributed by atoms with Gasteiger partial charge in [-0.15, -0.1) is 0 Å². The predicted octanol–water partition coefficient (Wildman–Crippen LogP) is 2.79. The molecule has 0 saturated carbocycles. The Kier molecular flexibility index (Phi) is 3.84. The van der Waals surface area contributed by atoms with Crippen LogP contribution in [0.1, 0.15) is 12.8 Å². The second-order valence-electron chi connectivity index (χ2n) is 3.77. The molecular weight excluding hydrogens is 291 g/mol. The summed E-state index contributed by atoms with van der Waals surface area (Å²) in [6.07, 6.45) is 1.96. The number of benzene rings is 1. The smallest absolute Gasteiger partial charge is 0.241 e. The highest BCUT2D eigenvalue weighted by Gasteiger charge is 2.21. The van der Waals surface area contributed by atoms with E-state index in [0.717, 1.165) is 29.5 Å². The fourth-order valence-electron chi connectivity index (χ4n) is 1.71. The summed E-state index contributed by atoms with van der Waals surface area (Å²) in [6, 6.07) is 5.29. The summed E-state index contributed by atoms with van der Waals surface area (Å²) in [5.74, 6) is 0.0201. The number of anilines is 1. The van der Waals surface area contributed by atoms with E-state index in [9.17, 15) is 4.79 Å². The number of nitrogens with one attached hydrogen (secondary N) is 2. The average molecular weight is 304 g/mol. The van der Waals surface area contributed by atoms with Gasteiger partial charge in [0.05, 0.1) is 11.1 Å². The molecule has 2 rings (SSSR count). The predicted molar refractivity (Wildman–Crippen MR) is 68.8 cm³/mol. The Balaban J connectivity index is 2.02. The number of amides is 1. The minimum Gasteiger partial charge on any atom is -0.325 e. The molecule has 86 valence electrons. The largest absolute Gasteiger partial charge is 0.325 e. The van der Waals surface area contributed by atoms with Crippen molar-refractivity contribution in [3.63, 3.8) is 0 Å². The van der Waals surface area contributed by atoms with E-state index in [1.807, 2.05) is 0 Å². The molecular formula is C11H12BrClN2O. The van der Waals surface area contributed by atoms with Crippen LogP contribution in [-0.4, -0.2) is 18.5 Å². The van der Waals surface area contributed by atoms with Crippen molar-refractivity contribution in [2.45, 2.75) is 18.9 Å². The van der Waals surface area contributed by atoms with Gasteiger partial charge in [-0.3, -0.25) is 4.79 Å². The summed E-state index contributed by atoms with van der Waals surface area (Å²) in [6.45, 7) is 0.919. The molecule has 1 saturated heterocycles.